The van der Waals surface area contributed by atoms with Gasteiger partial charge in [0.15, 0.2) is 0 Å². The molecule has 0 aliphatic rings. The van der Waals surface area contributed by atoms with Gasteiger partial charge < -0.3 is 5.11 Å². The minimum Gasteiger partial charge on any atom is -0.481 e. The van der Waals surface area contributed by atoms with E-state index in [1.165, 1.54) is 5.01 Å². The van der Waals surface area contributed by atoms with Crippen molar-refractivity contribution >= 4 is 17.3 Å². The highest BCUT2D eigenvalue weighted by Gasteiger charge is 1.84. The maximum atomic E-state index is 9.37. The Labute approximate surface area is 89.8 Å². The highest BCUT2D eigenvalue weighted by molar-refractivity contribution is 7.09. The molecule has 3 nitrogen and oxygen atoms in total. The quantitative estimate of drug-likeness (QED) is 0.827. The molecule has 1 heterocycles. The fourth-order valence-electron chi connectivity index (χ4n) is 0.428. The predicted molar refractivity (Wildman–Crippen MR) is 60.8 cm³/mol. The maximum absolute atomic E-state index is 9.37. The van der Waals surface area contributed by atoms with Crippen molar-refractivity contribution in [3.63, 3.8) is 0 Å². The van der Waals surface area contributed by atoms with Crippen molar-refractivity contribution in [1.29, 1.82) is 0 Å². The maximum Gasteiger partial charge on any atom is 0.303 e. The van der Waals surface area contributed by atoms with Crippen LogP contribution in [0.3, 0.4) is 0 Å². The Kier molecular flexibility index (Phi) is 13.5. The molecule has 0 aliphatic heterocycles. The molecule has 0 unspecified atom stereocenters. The molecular formula is C10H19NO2S. The van der Waals surface area contributed by atoms with Crippen LogP contribution in [-0.2, 0) is 11.2 Å². The lowest BCUT2D eigenvalue weighted by Crippen LogP contribution is -1.86. The van der Waals surface area contributed by atoms with E-state index in [9.17, 15) is 4.79 Å². The first kappa shape index (κ1) is 15.6. The van der Waals surface area contributed by atoms with Crippen LogP contribution < -0.4 is 0 Å². The van der Waals surface area contributed by atoms with Gasteiger partial charge >= 0.3 is 5.97 Å². The zero-order valence-electron chi connectivity index (χ0n) is 9.28. The minimum atomic E-state index is -0.745. The summed E-state index contributed by atoms with van der Waals surface area (Å²) in [5.74, 6) is -0.745. The fraction of sp³-hybridized carbons (Fsp3) is 0.600. The first-order chi connectivity index (χ1) is 6.70. The third kappa shape index (κ3) is 11.1. The van der Waals surface area contributed by atoms with Gasteiger partial charge in [-0.05, 0) is 6.42 Å². The van der Waals surface area contributed by atoms with Gasteiger partial charge in [-0.15, -0.1) is 11.3 Å². The van der Waals surface area contributed by atoms with Crippen LogP contribution in [0.5, 0.6) is 0 Å². The molecule has 0 radical (unpaired) electrons. The van der Waals surface area contributed by atoms with E-state index in [0.29, 0.717) is 0 Å². The molecule has 82 valence electrons. The number of carboxylic acid groups (broad SMARTS) is 1. The van der Waals surface area contributed by atoms with Crippen LogP contribution in [0.15, 0.2) is 11.6 Å². The van der Waals surface area contributed by atoms with Crippen LogP contribution in [0, 0.1) is 0 Å². The normalized spacial score (nSPS) is 7.71. The molecule has 0 amide bonds. The Morgan fingerprint density at radius 1 is 1.50 bits per heavy atom. The average molecular weight is 217 g/mol. The summed E-state index contributed by atoms with van der Waals surface area (Å²) in [5.41, 5.74) is 0. The Balaban J connectivity index is 0. The third-order valence-corrected chi connectivity index (χ3v) is 2.01. The van der Waals surface area contributed by atoms with E-state index in [1.54, 1.807) is 18.3 Å². The fourth-order valence-corrected chi connectivity index (χ4v) is 0.995. The van der Waals surface area contributed by atoms with Crippen molar-refractivity contribution in [2.75, 3.05) is 0 Å². The van der Waals surface area contributed by atoms with Gasteiger partial charge in [-0.25, -0.2) is 4.98 Å². The second-order valence-corrected chi connectivity index (χ2v) is 3.01. The van der Waals surface area contributed by atoms with Crippen LogP contribution in [0.4, 0.5) is 0 Å². The van der Waals surface area contributed by atoms with Crippen molar-refractivity contribution < 1.29 is 9.90 Å². The molecule has 1 N–H and O–H groups in total. The molecule has 0 bridgehead atoms. The van der Waals surface area contributed by atoms with E-state index < -0.39 is 5.97 Å². The molecule has 0 fully saturated rings. The van der Waals surface area contributed by atoms with E-state index in [-0.39, 0.29) is 6.42 Å². The topological polar surface area (TPSA) is 50.2 Å². The van der Waals surface area contributed by atoms with Gasteiger partial charge in [-0.3, -0.25) is 4.79 Å². The Morgan fingerprint density at radius 3 is 2.14 bits per heavy atom. The summed E-state index contributed by atoms with van der Waals surface area (Å²) in [6.45, 7) is 7.71. The van der Waals surface area contributed by atoms with Gasteiger partial charge in [0.2, 0.25) is 0 Å². The van der Waals surface area contributed by atoms with Gasteiger partial charge in [0.1, 0.15) is 0 Å². The number of aryl methyl sites for hydroxylation is 1. The average Bonchev–Trinajstić information content (AvgIpc) is 2.74. The third-order valence-electron chi connectivity index (χ3n) is 1.09. The van der Waals surface area contributed by atoms with Crippen LogP contribution in [0.1, 0.15) is 39.1 Å². The van der Waals surface area contributed by atoms with Crippen LogP contribution in [0.25, 0.3) is 0 Å². The summed E-state index contributed by atoms with van der Waals surface area (Å²) in [7, 11) is 0. The highest BCUT2D eigenvalue weighted by Crippen LogP contribution is 2.02. The van der Waals surface area contributed by atoms with Crippen molar-refractivity contribution in [2.45, 2.75) is 40.5 Å². The van der Waals surface area contributed by atoms with E-state index >= 15 is 0 Å². The van der Waals surface area contributed by atoms with Crippen molar-refractivity contribution in [3.8, 4) is 0 Å². The van der Waals surface area contributed by atoms with E-state index in [2.05, 4.69) is 11.9 Å². The Bertz CT molecular complexity index is 210. The van der Waals surface area contributed by atoms with Gasteiger partial charge in [-0.2, -0.15) is 0 Å². The second kappa shape index (κ2) is 12.1. The Morgan fingerprint density at radius 2 is 2.00 bits per heavy atom. The van der Waals surface area contributed by atoms with Gasteiger partial charge in [-0.1, -0.05) is 27.7 Å². The molecule has 1 rings (SSSR count). The lowest BCUT2D eigenvalue weighted by molar-refractivity contribution is -0.136. The van der Waals surface area contributed by atoms with Gasteiger partial charge in [0.25, 0.3) is 0 Å². The number of aromatic nitrogens is 1. The lowest BCUT2D eigenvalue weighted by Gasteiger charge is -1.77. The number of aliphatic carboxylic acids is 1. The zero-order valence-corrected chi connectivity index (χ0v) is 10.1. The molecule has 0 atom stereocenters. The summed E-state index contributed by atoms with van der Waals surface area (Å²) in [4.78, 5) is 13.4. The van der Waals surface area contributed by atoms with Gasteiger partial charge in [0.05, 0.1) is 5.01 Å². The summed E-state index contributed by atoms with van der Waals surface area (Å²) in [6.07, 6.45) is 3.13. The lowest BCUT2D eigenvalue weighted by atomic mass is 10.5. The van der Waals surface area contributed by atoms with Crippen LogP contribution in [0.2, 0.25) is 0 Å². The molecule has 4 heteroatoms. The SMILES string of the molecule is CC.CCC(=O)O.CCc1nccs1. The van der Waals surface area contributed by atoms with Crippen molar-refractivity contribution in [2.24, 2.45) is 0 Å². The summed E-state index contributed by atoms with van der Waals surface area (Å²) < 4.78 is 0. The summed E-state index contributed by atoms with van der Waals surface area (Å²) in [5, 5.41) is 10.9. The molecule has 1 aromatic rings. The first-order valence-corrected chi connectivity index (χ1v) is 5.68. The molecule has 0 saturated carbocycles. The molecule has 0 aromatic carbocycles. The molecule has 0 aliphatic carbocycles. The van der Waals surface area contributed by atoms with Crippen molar-refractivity contribution in [3.05, 3.63) is 16.6 Å². The van der Waals surface area contributed by atoms with Crippen LogP contribution in [-0.4, -0.2) is 16.1 Å². The number of hydrogen-bond acceptors (Lipinski definition) is 3. The standard InChI is InChI=1S/C5H7NS.C3H6O2.C2H6/c1-2-5-6-3-4-7-5;1-2-3(4)5;1-2/h3-4H,2H2,1H3;2H2,1H3,(H,4,5);1-2H3. The molecule has 0 saturated heterocycles. The smallest absolute Gasteiger partial charge is 0.303 e. The van der Waals surface area contributed by atoms with Crippen LogP contribution >= 0.6 is 11.3 Å². The monoisotopic (exact) mass is 217 g/mol. The number of hydrogen-bond donors (Lipinski definition) is 1. The number of thiazole rings is 1. The van der Waals surface area contributed by atoms with E-state index in [0.717, 1.165) is 6.42 Å². The highest BCUT2D eigenvalue weighted by atomic mass is 32.1. The van der Waals surface area contributed by atoms with E-state index in [1.807, 2.05) is 25.4 Å². The largest absolute Gasteiger partial charge is 0.481 e. The summed E-state index contributed by atoms with van der Waals surface area (Å²) >= 11 is 1.71. The molecule has 14 heavy (non-hydrogen) atoms. The summed E-state index contributed by atoms with van der Waals surface area (Å²) in [6, 6.07) is 0. The van der Waals surface area contributed by atoms with E-state index in [4.69, 9.17) is 5.11 Å². The first-order valence-electron chi connectivity index (χ1n) is 4.80. The molecule has 1 aromatic heterocycles. The number of nitrogens with zero attached hydrogens (tertiary/aromatic N) is 1. The van der Waals surface area contributed by atoms with Gasteiger partial charge in [0, 0.05) is 18.0 Å². The molecular weight excluding hydrogens is 198 g/mol. The number of rotatable bonds is 2. The predicted octanol–water partition coefficient (Wildman–Crippen LogP) is 3.21. The number of carbonyl (C=O) groups is 1. The minimum absolute atomic E-state index is 0.222. The number of carboxylic acids is 1. The Hall–Kier alpha value is -0.900. The van der Waals surface area contributed by atoms with Crippen molar-refractivity contribution in [1.82, 2.24) is 4.98 Å². The second-order valence-electron chi connectivity index (χ2n) is 2.03. The molecule has 0 spiro atoms. The zero-order chi connectivity index (χ0) is 11.4.